The Morgan fingerprint density at radius 3 is 2.96 bits per heavy atom. The lowest BCUT2D eigenvalue weighted by molar-refractivity contribution is 0.249. The van der Waals surface area contributed by atoms with Crippen LogP contribution in [0.3, 0.4) is 0 Å². The monoisotopic (exact) mass is 379 g/mol. The molecule has 1 fully saturated rings. The van der Waals surface area contributed by atoms with Crippen LogP contribution in [0.4, 0.5) is 0 Å². The van der Waals surface area contributed by atoms with Gasteiger partial charge in [-0.05, 0) is 57.6 Å². The summed E-state index contributed by atoms with van der Waals surface area (Å²) in [7, 11) is -0.774. The predicted octanol–water partition coefficient (Wildman–Crippen LogP) is 3.41. The Hall–Kier alpha value is -1.05. The van der Waals surface area contributed by atoms with Crippen molar-refractivity contribution in [1.29, 1.82) is 0 Å². The Labute approximate surface area is 155 Å². The predicted molar refractivity (Wildman–Crippen MR) is 101 cm³/mol. The molecule has 3 heterocycles. The van der Waals surface area contributed by atoms with E-state index < -0.39 is 10.8 Å². The van der Waals surface area contributed by atoms with Gasteiger partial charge in [-0.15, -0.1) is 21.5 Å². The number of hydrogen-bond donors (Lipinski definition) is 0. The van der Waals surface area contributed by atoms with Gasteiger partial charge in [0.25, 0.3) is 5.89 Å². The van der Waals surface area contributed by atoms with E-state index in [9.17, 15) is 4.21 Å². The summed E-state index contributed by atoms with van der Waals surface area (Å²) in [6.07, 6.45) is 5.85. The molecule has 2 aliphatic rings. The van der Waals surface area contributed by atoms with E-state index >= 15 is 0 Å². The fraction of sp³-hybridized carbons (Fsp3) is 0.667. The molecule has 1 unspecified atom stereocenters. The van der Waals surface area contributed by atoms with Crippen molar-refractivity contribution in [2.24, 2.45) is 0 Å². The van der Waals surface area contributed by atoms with E-state index in [1.54, 1.807) is 11.3 Å². The first-order chi connectivity index (χ1) is 12.0. The third-order valence-corrected chi connectivity index (χ3v) is 8.49. The standard InChI is InChI=1S/C18H25N3O2S2/c1-18(2)7-8-21(9-10-25(18)22)12-16-19-20-17(23-16)15-11-13-5-3-4-6-14(13)24-15/h11H,3-10,12H2,1-2H3. The Balaban J connectivity index is 1.45. The molecule has 136 valence electrons. The molecule has 2 aromatic heterocycles. The Morgan fingerprint density at radius 1 is 1.28 bits per heavy atom. The van der Waals surface area contributed by atoms with Gasteiger partial charge in [-0.2, -0.15) is 0 Å². The first kappa shape index (κ1) is 17.4. The first-order valence-electron chi connectivity index (χ1n) is 9.06. The second kappa shape index (κ2) is 6.93. The van der Waals surface area contributed by atoms with Gasteiger partial charge in [-0.25, -0.2) is 0 Å². The van der Waals surface area contributed by atoms with Crippen LogP contribution in [0, 0.1) is 0 Å². The Kier molecular flexibility index (Phi) is 4.81. The highest BCUT2D eigenvalue weighted by Gasteiger charge is 2.30. The van der Waals surface area contributed by atoms with E-state index in [0.29, 0.717) is 24.1 Å². The quantitative estimate of drug-likeness (QED) is 0.818. The van der Waals surface area contributed by atoms with Crippen LogP contribution in [0.2, 0.25) is 0 Å². The van der Waals surface area contributed by atoms with Crippen LogP contribution in [0.5, 0.6) is 0 Å². The summed E-state index contributed by atoms with van der Waals surface area (Å²) < 4.78 is 18.1. The zero-order valence-corrected chi connectivity index (χ0v) is 16.5. The van der Waals surface area contributed by atoms with Gasteiger partial charge in [0, 0.05) is 39.3 Å². The normalized spacial score (nSPS) is 24.0. The molecule has 0 bridgehead atoms. The average Bonchev–Trinajstić information content (AvgIpc) is 3.20. The van der Waals surface area contributed by atoms with Crippen molar-refractivity contribution >= 4 is 22.1 Å². The smallest absolute Gasteiger partial charge is 0.257 e. The molecular formula is C18H25N3O2S2. The van der Waals surface area contributed by atoms with Crippen LogP contribution in [0.15, 0.2) is 10.5 Å². The number of fused-ring (bicyclic) bond motifs is 1. The number of nitrogens with zero attached hydrogens (tertiary/aromatic N) is 3. The van der Waals surface area contributed by atoms with Crippen molar-refractivity contribution < 1.29 is 8.63 Å². The van der Waals surface area contributed by atoms with E-state index in [0.717, 1.165) is 24.4 Å². The lowest BCUT2D eigenvalue weighted by atomic mass is 9.99. The largest absolute Gasteiger partial charge is 0.419 e. The van der Waals surface area contributed by atoms with E-state index in [2.05, 4.69) is 35.0 Å². The van der Waals surface area contributed by atoms with Crippen LogP contribution in [0.1, 0.15) is 49.4 Å². The van der Waals surface area contributed by atoms with Gasteiger partial charge in [0.2, 0.25) is 5.89 Å². The molecule has 0 saturated carbocycles. The SMILES string of the molecule is CC1(C)CCN(Cc2nnc(-c3cc4c(s3)CCCC4)o2)CCS1=O. The summed E-state index contributed by atoms with van der Waals surface area (Å²) in [6, 6.07) is 2.23. The molecule has 1 aliphatic heterocycles. The van der Waals surface area contributed by atoms with E-state index in [-0.39, 0.29) is 4.75 Å². The van der Waals surface area contributed by atoms with Gasteiger partial charge in [0.1, 0.15) is 0 Å². The number of hydrogen-bond acceptors (Lipinski definition) is 6. The number of thiophene rings is 1. The zero-order valence-electron chi connectivity index (χ0n) is 14.9. The number of aryl methyl sites for hydroxylation is 2. The maximum atomic E-state index is 12.3. The molecule has 5 nitrogen and oxygen atoms in total. The summed E-state index contributed by atoms with van der Waals surface area (Å²) in [5.74, 6) is 2.02. The van der Waals surface area contributed by atoms with Crippen LogP contribution in [-0.4, -0.2) is 42.9 Å². The highest BCUT2D eigenvalue weighted by molar-refractivity contribution is 7.86. The third kappa shape index (κ3) is 3.73. The molecule has 1 saturated heterocycles. The van der Waals surface area contributed by atoms with Crippen LogP contribution >= 0.6 is 11.3 Å². The van der Waals surface area contributed by atoms with Gasteiger partial charge in [-0.1, -0.05) is 0 Å². The molecule has 1 aliphatic carbocycles. The molecule has 0 radical (unpaired) electrons. The topological polar surface area (TPSA) is 59.2 Å². The molecule has 2 aromatic rings. The van der Waals surface area contributed by atoms with Crippen molar-refractivity contribution in [2.75, 3.05) is 18.8 Å². The molecule has 0 N–H and O–H groups in total. The summed E-state index contributed by atoms with van der Waals surface area (Å²) in [5.41, 5.74) is 1.46. The minimum Gasteiger partial charge on any atom is -0.419 e. The third-order valence-electron chi connectivity index (χ3n) is 5.27. The molecule has 7 heteroatoms. The minimum atomic E-state index is -0.774. The molecule has 4 rings (SSSR count). The van der Waals surface area contributed by atoms with Gasteiger partial charge < -0.3 is 4.42 Å². The molecule has 1 atom stereocenters. The lowest BCUT2D eigenvalue weighted by Crippen LogP contribution is -2.28. The molecule has 0 amide bonds. The van der Waals surface area contributed by atoms with Gasteiger partial charge in [-0.3, -0.25) is 9.11 Å². The van der Waals surface area contributed by atoms with Gasteiger partial charge >= 0.3 is 0 Å². The van der Waals surface area contributed by atoms with E-state index in [1.165, 1.54) is 36.1 Å². The molecule has 0 spiro atoms. The fourth-order valence-corrected chi connectivity index (χ4v) is 5.97. The second-order valence-corrected chi connectivity index (χ2v) is 10.9. The van der Waals surface area contributed by atoms with Crippen molar-refractivity contribution in [3.63, 3.8) is 0 Å². The minimum absolute atomic E-state index is 0.106. The summed E-state index contributed by atoms with van der Waals surface area (Å²) >= 11 is 1.80. The molecule has 25 heavy (non-hydrogen) atoms. The van der Waals surface area contributed by atoms with Crippen molar-refractivity contribution in [2.45, 2.75) is 57.2 Å². The zero-order chi connectivity index (χ0) is 17.4. The summed E-state index contributed by atoms with van der Waals surface area (Å²) in [4.78, 5) is 4.87. The van der Waals surface area contributed by atoms with E-state index in [1.807, 2.05) is 0 Å². The fourth-order valence-electron chi connectivity index (χ4n) is 3.50. The highest BCUT2D eigenvalue weighted by atomic mass is 32.2. The summed E-state index contributed by atoms with van der Waals surface area (Å²) in [5, 5.41) is 8.52. The van der Waals surface area contributed by atoms with Crippen molar-refractivity contribution in [3.05, 3.63) is 22.4 Å². The first-order valence-corrected chi connectivity index (χ1v) is 11.2. The Morgan fingerprint density at radius 2 is 2.12 bits per heavy atom. The summed E-state index contributed by atoms with van der Waals surface area (Å²) in [6.45, 7) is 6.57. The van der Waals surface area contributed by atoms with Crippen molar-refractivity contribution in [3.8, 4) is 10.8 Å². The number of rotatable bonds is 3. The highest BCUT2D eigenvalue weighted by Crippen LogP contribution is 2.35. The second-order valence-electron chi connectivity index (χ2n) is 7.60. The molecule has 0 aromatic carbocycles. The van der Waals surface area contributed by atoms with E-state index in [4.69, 9.17) is 4.42 Å². The number of aromatic nitrogens is 2. The Bertz CT molecular complexity index is 758. The van der Waals surface area contributed by atoms with Crippen LogP contribution in [-0.2, 0) is 30.2 Å². The average molecular weight is 380 g/mol. The maximum absolute atomic E-state index is 12.3. The maximum Gasteiger partial charge on any atom is 0.257 e. The molecular weight excluding hydrogens is 354 g/mol. The lowest BCUT2D eigenvalue weighted by Gasteiger charge is -2.21. The van der Waals surface area contributed by atoms with Gasteiger partial charge in [0.05, 0.1) is 11.4 Å². The van der Waals surface area contributed by atoms with Crippen LogP contribution < -0.4 is 0 Å². The van der Waals surface area contributed by atoms with Gasteiger partial charge in [0.15, 0.2) is 0 Å². The van der Waals surface area contributed by atoms with Crippen molar-refractivity contribution in [1.82, 2.24) is 15.1 Å². The van der Waals surface area contributed by atoms with Crippen LogP contribution in [0.25, 0.3) is 10.8 Å².